The number of nitrogens with zero attached hydrogens (tertiary/aromatic N) is 3. The molecular formula is C26H36N4O2. The van der Waals surface area contributed by atoms with Gasteiger partial charge in [0.25, 0.3) is 5.91 Å². The van der Waals surface area contributed by atoms with E-state index < -0.39 is 5.54 Å². The lowest BCUT2D eigenvalue weighted by Crippen LogP contribution is -2.65. The van der Waals surface area contributed by atoms with Crippen LogP contribution in [0.1, 0.15) is 87.1 Å². The number of anilines is 1. The van der Waals surface area contributed by atoms with Gasteiger partial charge in [0.1, 0.15) is 11.2 Å². The second kappa shape index (κ2) is 8.05. The number of benzene rings is 1. The van der Waals surface area contributed by atoms with Gasteiger partial charge >= 0.3 is 0 Å². The van der Waals surface area contributed by atoms with Crippen molar-refractivity contribution in [2.45, 2.75) is 97.2 Å². The minimum Gasteiger partial charge on any atom is -0.351 e. The first-order valence-electron chi connectivity index (χ1n) is 11.8. The number of carbonyl (C=O) groups excluding carboxylic acids is 2. The second-order valence-corrected chi connectivity index (χ2v) is 10.8. The zero-order chi connectivity index (χ0) is 23.3. The number of nitrogens with one attached hydrogen (secondary N) is 1. The van der Waals surface area contributed by atoms with Crippen LogP contribution in [0.15, 0.2) is 24.3 Å². The van der Waals surface area contributed by atoms with Crippen molar-refractivity contribution in [1.82, 2.24) is 15.1 Å². The maximum atomic E-state index is 13.9. The molecule has 1 aliphatic carbocycles. The fraction of sp³-hybridized carbons (Fsp3) is 0.577. The van der Waals surface area contributed by atoms with E-state index in [1.165, 1.54) is 6.42 Å². The van der Waals surface area contributed by atoms with Crippen LogP contribution in [0.5, 0.6) is 0 Å². The van der Waals surface area contributed by atoms with Crippen molar-refractivity contribution in [3.63, 3.8) is 0 Å². The number of fused-ring (bicyclic) bond motifs is 1. The number of amides is 2. The molecule has 0 radical (unpaired) electrons. The Balaban J connectivity index is 1.81. The molecule has 1 N–H and O–H groups in total. The number of aryl methyl sites for hydroxylation is 2. The molecule has 0 spiro atoms. The molecule has 6 heteroatoms. The maximum Gasteiger partial charge on any atom is 0.277 e. The molecule has 1 unspecified atom stereocenters. The SMILES string of the molecule is Cc1ccc(C)c(N2C(=O)c3cc(C(C)(C)C)nn3CC2(C)C(=O)NC2CCCCC2)c1. The van der Waals surface area contributed by atoms with E-state index in [-0.39, 0.29) is 23.3 Å². The molecule has 1 aromatic heterocycles. The van der Waals surface area contributed by atoms with Crippen LogP contribution in [0.4, 0.5) is 5.69 Å². The largest absolute Gasteiger partial charge is 0.351 e. The van der Waals surface area contributed by atoms with Gasteiger partial charge in [-0.3, -0.25) is 19.2 Å². The fourth-order valence-corrected chi connectivity index (χ4v) is 4.87. The summed E-state index contributed by atoms with van der Waals surface area (Å²) >= 11 is 0. The van der Waals surface area contributed by atoms with Crippen LogP contribution in [0.3, 0.4) is 0 Å². The summed E-state index contributed by atoms with van der Waals surface area (Å²) in [5, 5.41) is 8.03. The molecule has 1 atom stereocenters. The van der Waals surface area contributed by atoms with Crippen molar-refractivity contribution in [1.29, 1.82) is 0 Å². The van der Waals surface area contributed by atoms with Gasteiger partial charge in [0, 0.05) is 17.1 Å². The molecule has 1 saturated carbocycles. The number of carbonyl (C=O) groups is 2. The summed E-state index contributed by atoms with van der Waals surface area (Å²) in [4.78, 5) is 29.4. The van der Waals surface area contributed by atoms with E-state index in [1.54, 1.807) is 9.58 Å². The quantitative estimate of drug-likeness (QED) is 0.761. The van der Waals surface area contributed by atoms with Crippen LogP contribution in [0, 0.1) is 13.8 Å². The van der Waals surface area contributed by atoms with Gasteiger partial charge in [-0.25, -0.2) is 0 Å². The first-order chi connectivity index (χ1) is 15.0. The fourth-order valence-electron chi connectivity index (χ4n) is 4.87. The zero-order valence-corrected chi connectivity index (χ0v) is 20.3. The third-order valence-corrected chi connectivity index (χ3v) is 6.96. The maximum absolute atomic E-state index is 13.9. The number of rotatable bonds is 3. The molecule has 2 aliphatic rings. The molecular weight excluding hydrogens is 400 g/mol. The molecule has 1 aliphatic heterocycles. The molecule has 2 amide bonds. The van der Waals surface area contributed by atoms with Crippen molar-refractivity contribution in [2.75, 3.05) is 4.90 Å². The van der Waals surface area contributed by atoms with Crippen LogP contribution >= 0.6 is 0 Å². The van der Waals surface area contributed by atoms with E-state index in [2.05, 4.69) is 26.1 Å². The highest BCUT2D eigenvalue weighted by Crippen LogP contribution is 2.36. The summed E-state index contributed by atoms with van der Waals surface area (Å²) in [7, 11) is 0. The van der Waals surface area contributed by atoms with Crippen molar-refractivity contribution in [3.05, 3.63) is 46.8 Å². The second-order valence-electron chi connectivity index (χ2n) is 10.8. The third-order valence-electron chi connectivity index (χ3n) is 6.96. The van der Waals surface area contributed by atoms with Crippen LogP contribution in [0.25, 0.3) is 0 Å². The van der Waals surface area contributed by atoms with Gasteiger partial charge in [0.15, 0.2) is 0 Å². The molecule has 0 bridgehead atoms. The predicted octanol–water partition coefficient (Wildman–Crippen LogP) is 4.67. The highest BCUT2D eigenvalue weighted by Gasteiger charge is 2.50. The monoisotopic (exact) mass is 436 g/mol. The Labute approximate surface area is 191 Å². The Hall–Kier alpha value is -2.63. The predicted molar refractivity (Wildman–Crippen MR) is 127 cm³/mol. The van der Waals surface area contributed by atoms with Crippen molar-refractivity contribution >= 4 is 17.5 Å². The Morgan fingerprint density at radius 2 is 1.81 bits per heavy atom. The van der Waals surface area contributed by atoms with Crippen molar-refractivity contribution < 1.29 is 9.59 Å². The highest BCUT2D eigenvalue weighted by atomic mass is 16.2. The van der Waals surface area contributed by atoms with Gasteiger partial charge in [-0.2, -0.15) is 5.10 Å². The zero-order valence-electron chi connectivity index (χ0n) is 20.3. The van der Waals surface area contributed by atoms with Gasteiger partial charge in [0.2, 0.25) is 5.91 Å². The average molecular weight is 437 g/mol. The normalized spacial score (nSPS) is 22.1. The Morgan fingerprint density at radius 3 is 2.47 bits per heavy atom. The highest BCUT2D eigenvalue weighted by molar-refractivity contribution is 6.12. The van der Waals surface area contributed by atoms with E-state index in [0.717, 1.165) is 48.2 Å². The molecule has 2 heterocycles. The molecule has 1 fully saturated rings. The van der Waals surface area contributed by atoms with Gasteiger partial charge in [0.05, 0.1) is 12.2 Å². The molecule has 0 saturated heterocycles. The molecule has 6 nitrogen and oxygen atoms in total. The topological polar surface area (TPSA) is 67.2 Å². The van der Waals surface area contributed by atoms with Crippen LogP contribution < -0.4 is 10.2 Å². The first-order valence-corrected chi connectivity index (χ1v) is 11.8. The molecule has 1 aromatic carbocycles. The summed E-state index contributed by atoms with van der Waals surface area (Å²) in [5.41, 5.74) is 2.97. The smallest absolute Gasteiger partial charge is 0.277 e. The standard InChI is InChI=1S/C26H36N4O2/c1-17-12-13-18(2)20(14-17)30-23(31)21-15-22(25(3,4)5)28-29(21)16-26(30,6)24(32)27-19-10-8-7-9-11-19/h12-15,19H,7-11,16H2,1-6H3,(H,27,32). The van der Waals surface area contributed by atoms with E-state index in [0.29, 0.717) is 12.2 Å². The van der Waals surface area contributed by atoms with Crippen LogP contribution in [0.2, 0.25) is 0 Å². The van der Waals surface area contributed by atoms with Gasteiger partial charge in [-0.1, -0.05) is 52.2 Å². The van der Waals surface area contributed by atoms with Gasteiger partial charge < -0.3 is 5.32 Å². The van der Waals surface area contributed by atoms with Crippen molar-refractivity contribution in [2.24, 2.45) is 0 Å². The minimum absolute atomic E-state index is 0.0999. The molecule has 32 heavy (non-hydrogen) atoms. The first kappa shape index (κ1) is 22.6. The van der Waals surface area contributed by atoms with E-state index in [9.17, 15) is 9.59 Å². The number of hydrogen-bond donors (Lipinski definition) is 1. The lowest BCUT2D eigenvalue weighted by molar-refractivity contribution is -0.127. The van der Waals surface area contributed by atoms with Gasteiger partial charge in [-0.15, -0.1) is 0 Å². The van der Waals surface area contributed by atoms with E-state index >= 15 is 0 Å². The van der Waals surface area contributed by atoms with Gasteiger partial charge in [-0.05, 0) is 56.9 Å². The van der Waals surface area contributed by atoms with E-state index in [1.807, 2.05) is 45.0 Å². The lowest BCUT2D eigenvalue weighted by Gasteiger charge is -2.44. The van der Waals surface area contributed by atoms with Crippen molar-refractivity contribution in [3.8, 4) is 0 Å². The summed E-state index contributed by atoms with van der Waals surface area (Å²) in [6, 6.07) is 8.13. The van der Waals surface area contributed by atoms with E-state index in [4.69, 9.17) is 5.10 Å². The third kappa shape index (κ3) is 3.96. The summed E-state index contributed by atoms with van der Waals surface area (Å²) in [6.07, 6.45) is 5.50. The lowest BCUT2D eigenvalue weighted by atomic mass is 9.90. The van der Waals surface area contributed by atoms with Crippen LogP contribution in [-0.4, -0.2) is 33.2 Å². The number of hydrogen-bond acceptors (Lipinski definition) is 3. The summed E-state index contributed by atoms with van der Waals surface area (Å²) in [5.74, 6) is -0.272. The Bertz CT molecular complexity index is 1040. The Morgan fingerprint density at radius 1 is 1.12 bits per heavy atom. The Kier molecular flexibility index (Phi) is 5.68. The minimum atomic E-state index is -1.07. The molecule has 2 aromatic rings. The van der Waals surface area contributed by atoms with Crippen LogP contribution in [-0.2, 0) is 16.8 Å². The summed E-state index contributed by atoms with van der Waals surface area (Å²) in [6.45, 7) is 12.5. The summed E-state index contributed by atoms with van der Waals surface area (Å²) < 4.78 is 1.74. The molecule has 4 rings (SSSR count). The number of aromatic nitrogens is 2. The average Bonchev–Trinajstić information content (AvgIpc) is 3.16. The molecule has 172 valence electrons.